The number of aromatic nitrogens is 2. The Balaban J connectivity index is 1.09. The van der Waals surface area contributed by atoms with Gasteiger partial charge in [0, 0.05) is 31.6 Å². The van der Waals surface area contributed by atoms with Crippen molar-refractivity contribution in [3.05, 3.63) is 66.0 Å². The molecular weight excluding hydrogens is 396 g/mol. The van der Waals surface area contributed by atoms with Crippen LogP contribution in [0.15, 0.2) is 54.6 Å². The van der Waals surface area contributed by atoms with Crippen LogP contribution < -0.4 is 5.32 Å². The highest BCUT2D eigenvalue weighted by molar-refractivity contribution is 5.79. The average molecular weight is 429 g/mol. The molecule has 3 aromatic rings. The Morgan fingerprint density at radius 2 is 1.78 bits per heavy atom. The van der Waals surface area contributed by atoms with Crippen LogP contribution in [0.1, 0.15) is 49.2 Å². The van der Waals surface area contributed by atoms with Gasteiger partial charge in [0.15, 0.2) is 0 Å². The molecule has 1 amide bonds. The maximum atomic E-state index is 12.6. The van der Waals surface area contributed by atoms with Crippen LogP contribution in [0.2, 0.25) is 0 Å². The number of fused-ring (bicyclic) bond motifs is 2. The Morgan fingerprint density at radius 3 is 2.50 bits per heavy atom. The average Bonchev–Trinajstić information content (AvgIpc) is 3.09. The van der Waals surface area contributed by atoms with E-state index in [2.05, 4.69) is 70.2 Å². The van der Waals surface area contributed by atoms with Gasteiger partial charge in [-0.1, -0.05) is 48.9 Å². The molecule has 0 bridgehead atoms. The summed E-state index contributed by atoms with van der Waals surface area (Å²) in [5.74, 6) is 3.07. The summed E-state index contributed by atoms with van der Waals surface area (Å²) in [4.78, 5) is 20.0. The maximum absolute atomic E-state index is 12.6. The second-order valence-corrected chi connectivity index (χ2v) is 9.98. The third-order valence-electron chi connectivity index (χ3n) is 8.02. The van der Waals surface area contributed by atoms with E-state index >= 15 is 0 Å². The predicted octanol–water partition coefficient (Wildman–Crippen LogP) is 4.50. The van der Waals surface area contributed by atoms with Crippen LogP contribution in [-0.2, 0) is 4.79 Å². The molecule has 2 saturated carbocycles. The van der Waals surface area contributed by atoms with Gasteiger partial charge in [0.05, 0.1) is 17.1 Å². The van der Waals surface area contributed by atoms with Crippen molar-refractivity contribution in [2.75, 3.05) is 19.6 Å². The van der Waals surface area contributed by atoms with Crippen LogP contribution in [0.5, 0.6) is 0 Å². The summed E-state index contributed by atoms with van der Waals surface area (Å²) >= 11 is 0. The molecule has 1 aliphatic heterocycles. The van der Waals surface area contributed by atoms with Crippen LogP contribution in [0, 0.1) is 24.7 Å². The molecule has 1 aromatic heterocycles. The van der Waals surface area contributed by atoms with Gasteiger partial charge in [-0.15, -0.1) is 0 Å². The zero-order valence-corrected chi connectivity index (χ0v) is 18.8. The van der Waals surface area contributed by atoms with E-state index in [0.717, 1.165) is 62.1 Å². The lowest BCUT2D eigenvalue weighted by molar-refractivity contribution is -0.128. The lowest BCUT2D eigenvalue weighted by Crippen LogP contribution is -2.38. The summed E-state index contributed by atoms with van der Waals surface area (Å²) in [5.41, 5.74) is 3.61. The summed E-state index contributed by atoms with van der Waals surface area (Å²) < 4.78 is 2.48. The fraction of sp³-hybridized carbons (Fsp3) is 0.481. The smallest absolute Gasteiger partial charge is 0.223 e. The molecule has 2 heterocycles. The number of aryl methyl sites for hydroxylation is 1. The number of nitrogens with one attached hydrogen (secondary N) is 1. The number of amides is 1. The van der Waals surface area contributed by atoms with E-state index in [-0.39, 0.29) is 17.9 Å². The zero-order chi connectivity index (χ0) is 21.7. The number of nitrogens with zero attached hydrogens (tertiary/aromatic N) is 3. The second-order valence-electron chi connectivity index (χ2n) is 9.98. The van der Waals surface area contributed by atoms with Crippen molar-refractivity contribution >= 4 is 16.9 Å². The predicted molar refractivity (Wildman–Crippen MR) is 126 cm³/mol. The molecule has 0 radical (unpaired) electrons. The minimum absolute atomic E-state index is 0.108. The lowest BCUT2D eigenvalue weighted by atomic mass is 9.84. The molecule has 3 aliphatic rings. The molecule has 2 aromatic carbocycles. The van der Waals surface area contributed by atoms with Gasteiger partial charge >= 0.3 is 0 Å². The maximum Gasteiger partial charge on any atom is 0.223 e. The van der Waals surface area contributed by atoms with E-state index in [9.17, 15) is 4.79 Å². The second kappa shape index (κ2) is 8.04. The van der Waals surface area contributed by atoms with Crippen molar-refractivity contribution in [1.29, 1.82) is 0 Å². The molecule has 5 heteroatoms. The monoisotopic (exact) mass is 428 g/mol. The van der Waals surface area contributed by atoms with Crippen molar-refractivity contribution in [3.63, 3.8) is 0 Å². The number of hydrogen-bond acceptors (Lipinski definition) is 3. The number of carbonyl (C=O) groups excluding carboxylic acids is 1. The fourth-order valence-electron chi connectivity index (χ4n) is 5.97. The molecule has 3 fully saturated rings. The molecule has 3 atom stereocenters. The fourth-order valence-corrected chi connectivity index (χ4v) is 5.97. The van der Waals surface area contributed by atoms with Crippen molar-refractivity contribution in [1.82, 2.24) is 19.8 Å². The summed E-state index contributed by atoms with van der Waals surface area (Å²) in [6, 6.07) is 19.7. The lowest BCUT2D eigenvalue weighted by Gasteiger charge is -2.29. The van der Waals surface area contributed by atoms with Gasteiger partial charge in [-0.2, -0.15) is 0 Å². The SMILES string of the molecule is Cc1nc2ccccc2n1C1C2CN(CC[C@H](NC(=O)C3CCC3)c3ccccc3)CC21. The first-order valence-corrected chi connectivity index (χ1v) is 12.2. The summed E-state index contributed by atoms with van der Waals surface area (Å²) in [5, 5.41) is 3.36. The first-order chi connectivity index (χ1) is 15.7. The van der Waals surface area contributed by atoms with Gasteiger partial charge in [0.25, 0.3) is 0 Å². The topological polar surface area (TPSA) is 50.2 Å². The van der Waals surface area contributed by atoms with E-state index in [4.69, 9.17) is 4.98 Å². The Bertz CT molecular complexity index is 1110. The van der Waals surface area contributed by atoms with Gasteiger partial charge in [-0.05, 0) is 55.7 Å². The number of rotatable bonds is 7. The summed E-state index contributed by atoms with van der Waals surface area (Å²) in [7, 11) is 0. The van der Waals surface area contributed by atoms with Crippen LogP contribution in [0.4, 0.5) is 0 Å². The molecule has 2 unspecified atom stereocenters. The van der Waals surface area contributed by atoms with Crippen molar-refractivity contribution in [3.8, 4) is 0 Å². The van der Waals surface area contributed by atoms with E-state index < -0.39 is 0 Å². The molecule has 1 saturated heterocycles. The highest BCUT2D eigenvalue weighted by Crippen LogP contribution is 2.56. The van der Waals surface area contributed by atoms with Crippen molar-refractivity contribution < 1.29 is 4.79 Å². The van der Waals surface area contributed by atoms with E-state index in [1.54, 1.807) is 0 Å². The van der Waals surface area contributed by atoms with Gasteiger partial charge in [0.1, 0.15) is 5.82 Å². The molecule has 0 spiro atoms. The standard InChI is InChI=1S/C27H32N4O/c1-18-28-24-12-5-6-13-25(24)31(18)26-21-16-30(17-22(21)26)15-14-23(19-8-3-2-4-9-19)29-27(32)20-10-7-11-20/h2-6,8-9,12-13,20-23,26H,7,10-11,14-17H2,1H3,(H,29,32)/t21?,22?,23-,26?/m0/s1. The van der Waals surface area contributed by atoms with Gasteiger partial charge < -0.3 is 14.8 Å². The van der Waals surface area contributed by atoms with Gasteiger partial charge in [-0.25, -0.2) is 4.98 Å². The number of benzene rings is 2. The minimum Gasteiger partial charge on any atom is -0.349 e. The Kier molecular flexibility index (Phi) is 5.02. The third kappa shape index (κ3) is 3.53. The van der Waals surface area contributed by atoms with E-state index in [1.165, 1.54) is 17.5 Å². The minimum atomic E-state index is 0.108. The number of hydrogen-bond donors (Lipinski definition) is 1. The van der Waals surface area contributed by atoms with E-state index in [1.807, 2.05) is 6.07 Å². The van der Waals surface area contributed by atoms with Gasteiger partial charge in [-0.3, -0.25) is 4.79 Å². The van der Waals surface area contributed by atoms with Crippen LogP contribution in [0.3, 0.4) is 0 Å². The first kappa shape index (κ1) is 20.0. The largest absolute Gasteiger partial charge is 0.349 e. The highest BCUT2D eigenvalue weighted by atomic mass is 16.2. The summed E-state index contributed by atoms with van der Waals surface area (Å²) in [6.45, 7) is 5.48. The zero-order valence-electron chi connectivity index (χ0n) is 18.8. The van der Waals surface area contributed by atoms with Crippen molar-refractivity contribution in [2.45, 2.75) is 44.7 Å². The number of piperidine rings is 1. The molecule has 1 N–H and O–H groups in total. The summed E-state index contributed by atoms with van der Waals surface area (Å²) in [6.07, 6.45) is 4.26. The highest BCUT2D eigenvalue weighted by Gasteiger charge is 2.57. The molecule has 5 nitrogen and oxygen atoms in total. The Morgan fingerprint density at radius 1 is 1.06 bits per heavy atom. The van der Waals surface area contributed by atoms with Crippen LogP contribution >= 0.6 is 0 Å². The third-order valence-corrected chi connectivity index (χ3v) is 8.02. The first-order valence-electron chi connectivity index (χ1n) is 12.2. The molecule has 32 heavy (non-hydrogen) atoms. The van der Waals surface area contributed by atoms with Crippen molar-refractivity contribution in [2.24, 2.45) is 17.8 Å². The van der Waals surface area contributed by atoms with Crippen LogP contribution in [-0.4, -0.2) is 40.0 Å². The number of imidazole rings is 1. The van der Waals surface area contributed by atoms with E-state index in [0.29, 0.717) is 6.04 Å². The quantitative estimate of drug-likeness (QED) is 0.603. The molecule has 166 valence electrons. The molecular formula is C27H32N4O. The molecule has 2 aliphatic carbocycles. The number of para-hydroxylation sites is 2. The Labute approximate surface area is 189 Å². The number of likely N-dealkylation sites (tertiary alicyclic amines) is 1. The van der Waals surface area contributed by atoms with Gasteiger partial charge in [0.2, 0.25) is 5.91 Å². The molecule has 6 rings (SSSR count). The Hall–Kier alpha value is -2.66. The van der Waals surface area contributed by atoms with Crippen LogP contribution in [0.25, 0.3) is 11.0 Å². The normalized spacial score (nSPS) is 26.0. The number of carbonyl (C=O) groups is 1.